The van der Waals surface area contributed by atoms with Crippen LogP contribution in [0.1, 0.15) is 54.0 Å². The molecule has 4 nitrogen and oxygen atoms in total. The summed E-state index contributed by atoms with van der Waals surface area (Å²) in [6, 6.07) is 8.10. The zero-order valence-corrected chi connectivity index (χ0v) is 13.3. The normalized spacial score (nSPS) is 12.1. The molecular weight excluding hydrogens is 284 g/mol. The molecule has 0 fully saturated rings. The van der Waals surface area contributed by atoms with Gasteiger partial charge in [0.05, 0.1) is 5.69 Å². The third-order valence-electron chi connectivity index (χ3n) is 3.57. The third-order valence-corrected chi connectivity index (χ3v) is 4.57. The van der Waals surface area contributed by atoms with Gasteiger partial charge in [-0.3, -0.25) is 0 Å². The van der Waals surface area contributed by atoms with Gasteiger partial charge in [-0.25, -0.2) is 9.78 Å². The number of carbonyl (C=O) groups is 1. The lowest BCUT2D eigenvalue weighted by atomic mass is 9.97. The quantitative estimate of drug-likeness (QED) is 0.814. The molecule has 0 spiro atoms. The van der Waals surface area contributed by atoms with Crippen LogP contribution >= 0.6 is 11.3 Å². The molecule has 0 aliphatic rings. The summed E-state index contributed by atoms with van der Waals surface area (Å²) >= 11 is 1.19. The van der Waals surface area contributed by atoms with Gasteiger partial charge in [0.15, 0.2) is 5.13 Å². The van der Waals surface area contributed by atoms with Gasteiger partial charge in [0.1, 0.15) is 4.88 Å². The fourth-order valence-electron chi connectivity index (χ4n) is 2.19. The van der Waals surface area contributed by atoms with E-state index in [0.717, 1.165) is 12.1 Å². The molecule has 1 atom stereocenters. The average Bonchev–Trinajstić information content (AvgIpc) is 2.90. The highest BCUT2D eigenvalue weighted by atomic mass is 32.1. The summed E-state index contributed by atoms with van der Waals surface area (Å²) in [4.78, 5) is 15.9. The highest BCUT2D eigenvalue weighted by molar-refractivity contribution is 7.17. The van der Waals surface area contributed by atoms with Gasteiger partial charge >= 0.3 is 5.97 Å². The van der Waals surface area contributed by atoms with Crippen molar-refractivity contribution in [1.82, 2.24) is 4.98 Å². The number of para-hydroxylation sites is 1. The molecule has 1 unspecified atom stereocenters. The largest absolute Gasteiger partial charge is 0.477 e. The Kier molecular flexibility index (Phi) is 4.96. The van der Waals surface area contributed by atoms with Crippen molar-refractivity contribution < 1.29 is 9.90 Å². The molecule has 1 heterocycles. The van der Waals surface area contributed by atoms with Gasteiger partial charge in [-0.1, -0.05) is 50.3 Å². The van der Waals surface area contributed by atoms with E-state index in [0.29, 0.717) is 28.0 Å². The Morgan fingerprint density at radius 2 is 2.10 bits per heavy atom. The first-order valence-electron chi connectivity index (χ1n) is 7.15. The van der Waals surface area contributed by atoms with E-state index in [-0.39, 0.29) is 0 Å². The van der Waals surface area contributed by atoms with Crippen LogP contribution in [0.15, 0.2) is 24.3 Å². The summed E-state index contributed by atoms with van der Waals surface area (Å²) in [5.74, 6) is -0.467. The predicted octanol–water partition coefficient (Wildman–Crippen LogP) is 4.66. The fourth-order valence-corrected chi connectivity index (χ4v) is 3.09. The number of aromatic carboxylic acids is 1. The molecule has 0 saturated heterocycles. The number of carboxylic acids is 1. The molecule has 2 aromatic rings. The van der Waals surface area contributed by atoms with Gasteiger partial charge in [-0.15, -0.1) is 0 Å². The molecule has 0 amide bonds. The van der Waals surface area contributed by atoms with Gasteiger partial charge < -0.3 is 10.4 Å². The van der Waals surface area contributed by atoms with Crippen LogP contribution in [-0.2, 0) is 6.42 Å². The smallest absolute Gasteiger partial charge is 0.347 e. The number of anilines is 2. The van der Waals surface area contributed by atoms with Crippen molar-refractivity contribution in [2.45, 2.75) is 39.5 Å². The minimum absolute atomic E-state index is 0.320. The van der Waals surface area contributed by atoms with Crippen LogP contribution in [0, 0.1) is 0 Å². The van der Waals surface area contributed by atoms with Gasteiger partial charge in [0.25, 0.3) is 0 Å². The Labute approximate surface area is 128 Å². The summed E-state index contributed by atoms with van der Waals surface area (Å²) in [5.41, 5.74) is 2.86. The number of carboxylic acid groups (broad SMARTS) is 1. The maximum atomic E-state index is 11.2. The molecule has 0 radical (unpaired) electrons. The average molecular weight is 304 g/mol. The Bertz CT molecular complexity index is 637. The molecule has 0 bridgehead atoms. The number of hydrogen-bond acceptors (Lipinski definition) is 4. The molecular formula is C16H20N2O2S. The first-order chi connectivity index (χ1) is 10.1. The number of aromatic nitrogens is 1. The van der Waals surface area contributed by atoms with Crippen molar-refractivity contribution in [3.63, 3.8) is 0 Å². The number of thiazole rings is 1. The number of benzene rings is 1. The van der Waals surface area contributed by atoms with Crippen LogP contribution in [0.5, 0.6) is 0 Å². The Balaban J connectivity index is 2.32. The maximum absolute atomic E-state index is 11.2. The molecule has 112 valence electrons. The molecule has 1 aromatic heterocycles. The first kappa shape index (κ1) is 15.5. The lowest BCUT2D eigenvalue weighted by molar-refractivity contribution is 0.0701. The van der Waals surface area contributed by atoms with Crippen LogP contribution in [0.25, 0.3) is 0 Å². The van der Waals surface area contributed by atoms with Crippen LogP contribution in [0.4, 0.5) is 10.8 Å². The summed E-state index contributed by atoms with van der Waals surface area (Å²) in [7, 11) is 0. The van der Waals surface area contributed by atoms with E-state index in [9.17, 15) is 9.90 Å². The van der Waals surface area contributed by atoms with E-state index in [4.69, 9.17) is 0 Å². The van der Waals surface area contributed by atoms with E-state index in [1.54, 1.807) is 0 Å². The van der Waals surface area contributed by atoms with E-state index in [1.165, 1.54) is 16.9 Å². The molecule has 21 heavy (non-hydrogen) atoms. The molecule has 5 heteroatoms. The van der Waals surface area contributed by atoms with Crippen molar-refractivity contribution in [3.8, 4) is 0 Å². The second kappa shape index (κ2) is 6.72. The molecule has 1 aromatic carbocycles. The third kappa shape index (κ3) is 3.42. The zero-order chi connectivity index (χ0) is 15.4. The Hall–Kier alpha value is -1.88. The van der Waals surface area contributed by atoms with Gasteiger partial charge in [-0.05, 0) is 30.4 Å². The van der Waals surface area contributed by atoms with Crippen LogP contribution in [-0.4, -0.2) is 16.1 Å². The highest BCUT2D eigenvalue weighted by Crippen LogP contribution is 2.31. The molecule has 0 aliphatic carbocycles. The molecule has 0 saturated carbocycles. The fraction of sp³-hybridized carbons (Fsp3) is 0.375. The van der Waals surface area contributed by atoms with Crippen molar-refractivity contribution in [3.05, 3.63) is 40.4 Å². The Morgan fingerprint density at radius 3 is 2.67 bits per heavy atom. The summed E-state index contributed by atoms with van der Waals surface area (Å²) in [5, 5.41) is 13.1. The van der Waals surface area contributed by atoms with Gasteiger partial charge in [0.2, 0.25) is 0 Å². The standard InChI is InChI=1S/C16H20N2O2S/c1-4-10(3)11-8-6-7-9-13(11)18-16-17-12(5-2)14(21-16)15(19)20/h6-10H,4-5H2,1-3H3,(H,17,18)(H,19,20). The van der Waals surface area contributed by atoms with E-state index < -0.39 is 5.97 Å². The van der Waals surface area contributed by atoms with Crippen molar-refractivity contribution >= 4 is 28.1 Å². The van der Waals surface area contributed by atoms with Gasteiger partial charge in [-0.2, -0.15) is 0 Å². The lowest BCUT2D eigenvalue weighted by Crippen LogP contribution is -1.99. The van der Waals surface area contributed by atoms with E-state index >= 15 is 0 Å². The second-order valence-corrected chi connectivity index (χ2v) is 5.97. The lowest BCUT2D eigenvalue weighted by Gasteiger charge is -2.14. The topological polar surface area (TPSA) is 62.2 Å². The first-order valence-corrected chi connectivity index (χ1v) is 7.97. The van der Waals surface area contributed by atoms with Crippen molar-refractivity contribution in [2.75, 3.05) is 5.32 Å². The minimum atomic E-state index is -0.910. The van der Waals surface area contributed by atoms with Crippen molar-refractivity contribution in [2.24, 2.45) is 0 Å². The predicted molar refractivity (Wildman–Crippen MR) is 86.9 cm³/mol. The van der Waals surface area contributed by atoms with Crippen LogP contribution < -0.4 is 5.32 Å². The molecule has 2 N–H and O–H groups in total. The summed E-state index contributed by atoms with van der Waals surface area (Å²) < 4.78 is 0. The molecule has 2 rings (SSSR count). The highest BCUT2D eigenvalue weighted by Gasteiger charge is 2.17. The molecule has 0 aliphatic heterocycles. The van der Waals surface area contributed by atoms with Gasteiger partial charge in [0, 0.05) is 5.69 Å². The van der Waals surface area contributed by atoms with E-state index in [2.05, 4.69) is 30.2 Å². The Morgan fingerprint density at radius 1 is 1.38 bits per heavy atom. The zero-order valence-electron chi connectivity index (χ0n) is 12.5. The van der Waals surface area contributed by atoms with Crippen molar-refractivity contribution in [1.29, 1.82) is 0 Å². The number of nitrogens with zero attached hydrogens (tertiary/aromatic N) is 1. The second-order valence-electron chi connectivity index (χ2n) is 4.98. The van der Waals surface area contributed by atoms with Crippen LogP contribution in [0.3, 0.4) is 0 Å². The number of rotatable bonds is 6. The maximum Gasteiger partial charge on any atom is 0.347 e. The number of nitrogens with one attached hydrogen (secondary N) is 1. The minimum Gasteiger partial charge on any atom is -0.477 e. The van der Waals surface area contributed by atoms with E-state index in [1.807, 2.05) is 25.1 Å². The monoisotopic (exact) mass is 304 g/mol. The number of aryl methyl sites for hydroxylation is 1. The SMILES string of the molecule is CCc1nc(Nc2ccccc2C(C)CC)sc1C(=O)O. The summed E-state index contributed by atoms with van der Waals surface area (Å²) in [6.45, 7) is 6.25. The summed E-state index contributed by atoms with van der Waals surface area (Å²) in [6.07, 6.45) is 1.67. The van der Waals surface area contributed by atoms with Crippen LogP contribution in [0.2, 0.25) is 0 Å². The number of hydrogen-bond donors (Lipinski definition) is 2.